The largest absolute Gasteiger partial charge is 0.467 e. The molecule has 0 amide bonds. The summed E-state index contributed by atoms with van der Waals surface area (Å²) in [6.45, 7) is 2.11. The highest BCUT2D eigenvalue weighted by molar-refractivity contribution is 5.38. The number of methoxy groups -OCH3 is 1. The summed E-state index contributed by atoms with van der Waals surface area (Å²) >= 11 is 0. The lowest BCUT2D eigenvalue weighted by atomic mass is 10.3. The van der Waals surface area contributed by atoms with Crippen molar-refractivity contribution in [3.63, 3.8) is 0 Å². The molecule has 0 spiro atoms. The summed E-state index contributed by atoms with van der Waals surface area (Å²) in [5.74, 6) is 6.00. The number of hydrazine groups is 1. The van der Waals surface area contributed by atoms with Gasteiger partial charge in [0.1, 0.15) is 0 Å². The quantitative estimate of drug-likeness (QED) is 0.480. The van der Waals surface area contributed by atoms with Gasteiger partial charge >= 0.3 is 6.01 Å². The molecule has 2 rings (SSSR count). The van der Waals surface area contributed by atoms with Crippen LogP contribution >= 0.6 is 0 Å². The van der Waals surface area contributed by atoms with Crippen molar-refractivity contribution in [2.24, 2.45) is 5.84 Å². The summed E-state index contributed by atoms with van der Waals surface area (Å²) < 4.78 is 4.93. The lowest BCUT2D eigenvalue weighted by molar-refractivity contribution is 0.379. The fourth-order valence-corrected chi connectivity index (χ4v) is 1.15. The molecule has 0 radical (unpaired) electrons. The smallest absolute Gasteiger partial charge is 0.322 e. The van der Waals surface area contributed by atoms with Gasteiger partial charge < -0.3 is 10.1 Å². The molecule has 15 heavy (non-hydrogen) atoms. The molecule has 1 aliphatic carbocycles. The number of nitrogens with two attached hydrogens (primary N) is 1. The molecular weight excluding hydrogens is 196 g/mol. The molecule has 0 aromatic carbocycles. The van der Waals surface area contributed by atoms with E-state index in [1.54, 1.807) is 0 Å². The Morgan fingerprint density at radius 2 is 1.93 bits per heavy atom. The molecular formula is C8H14N6O. The first-order valence-corrected chi connectivity index (χ1v) is 4.70. The highest BCUT2D eigenvalue weighted by Gasteiger charge is 2.38. The summed E-state index contributed by atoms with van der Waals surface area (Å²) in [5.41, 5.74) is 2.48. The molecule has 7 heteroatoms. The standard InChI is InChI=1S/C8H14N6O/c1-8(3-4-8)13-5-10-6(14-9)12-7(11-5)15-2/h3-4,9H2,1-2H3,(H2,10,11,12,13,14). The van der Waals surface area contributed by atoms with Crippen molar-refractivity contribution < 1.29 is 4.74 Å². The number of rotatable bonds is 4. The van der Waals surface area contributed by atoms with Crippen LogP contribution < -0.4 is 21.3 Å². The predicted octanol–water partition coefficient (Wildman–Crippen LogP) is 0.130. The number of nitrogen functional groups attached to an aromatic ring is 1. The van der Waals surface area contributed by atoms with Crippen molar-refractivity contribution in [2.45, 2.75) is 25.3 Å². The predicted molar refractivity (Wildman–Crippen MR) is 55.5 cm³/mol. The van der Waals surface area contributed by atoms with Crippen LogP contribution in [-0.2, 0) is 0 Å². The zero-order valence-electron chi connectivity index (χ0n) is 8.74. The van der Waals surface area contributed by atoms with E-state index in [1.807, 2.05) is 0 Å². The highest BCUT2D eigenvalue weighted by Crippen LogP contribution is 2.37. The van der Waals surface area contributed by atoms with Gasteiger partial charge in [0, 0.05) is 5.54 Å². The van der Waals surface area contributed by atoms with Gasteiger partial charge in [-0.25, -0.2) is 5.84 Å². The van der Waals surface area contributed by atoms with Crippen molar-refractivity contribution in [3.05, 3.63) is 0 Å². The number of nitrogens with zero attached hydrogens (tertiary/aromatic N) is 3. The fraction of sp³-hybridized carbons (Fsp3) is 0.625. The summed E-state index contributed by atoms with van der Waals surface area (Å²) in [7, 11) is 1.50. The molecule has 1 saturated carbocycles. The molecule has 1 aromatic heterocycles. The maximum Gasteiger partial charge on any atom is 0.322 e. The number of hydrogen-bond donors (Lipinski definition) is 3. The Morgan fingerprint density at radius 1 is 1.27 bits per heavy atom. The van der Waals surface area contributed by atoms with Crippen LogP contribution in [0, 0.1) is 0 Å². The number of anilines is 2. The Morgan fingerprint density at radius 3 is 2.47 bits per heavy atom. The summed E-state index contributed by atoms with van der Waals surface area (Å²) in [4.78, 5) is 12.1. The molecule has 7 nitrogen and oxygen atoms in total. The van der Waals surface area contributed by atoms with Crippen LogP contribution in [0.1, 0.15) is 19.8 Å². The van der Waals surface area contributed by atoms with Gasteiger partial charge in [-0.05, 0) is 19.8 Å². The monoisotopic (exact) mass is 210 g/mol. The van der Waals surface area contributed by atoms with Gasteiger partial charge in [0.05, 0.1) is 7.11 Å². The summed E-state index contributed by atoms with van der Waals surface area (Å²) in [5, 5.41) is 3.20. The number of aromatic nitrogens is 3. The fourth-order valence-electron chi connectivity index (χ4n) is 1.15. The van der Waals surface area contributed by atoms with Gasteiger partial charge in [-0.15, -0.1) is 0 Å². The van der Waals surface area contributed by atoms with E-state index in [9.17, 15) is 0 Å². The number of ether oxygens (including phenoxy) is 1. The van der Waals surface area contributed by atoms with Gasteiger partial charge in [-0.2, -0.15) is 15.0 Å². The molecule has 0 bridgehead atoms. The average molecular weight is 210 g/mol. The van der Waals surface area contributed by atoms with E-state index in [-0.39, 0.29) is 17.5 Å². The van der Waals surface area contributed by atoms with Gasteiger partial charge in [0.2, 0.25) is 11.9 Å². The normalized spacial score (nSPS) is 17.0. The number of nitrogens with one attached hydrogen (secondary N) is 2. The Bertz CT molecular complexity index is 342. The molecule has 1 fully saturated rings. The molecule has 4 N–H and O–H groups in total. The Kier molecular flexibility index (Phi) is 2.31. The third-order valence-electron chi connectivity index (χ3n) is 2.34. The van der Waals surface area contributed by atoms with Crippen LogP contribution in [-0.4, -0.2) is 27.6 Å². The molecule has 0 unspecified atom stereocenters. The molecule has 1 aliphatic rings. The van der Waals surface area contributed by atoms with Crippen LogP contribution in [0.3, 0.4) is 0 Å². The number of hydrogen-bond acceptors (Lipinski definition) is 7. The maximum atomic E-state index is 5.24. The van der Waals surface area contributed by atoms with Gasteiger partial charge in [0.25, 0.3) is 0 Å². The van der Waals surface area contributed by atoms with Crippen LogP contribution in [0.2, 0.25) is 0 Å². The first kappa shape index (κ1) is 9.91. The van der Waals surface area contributed by atoms with E-state index in [2.05, 4.69) is 32.6 Å². The van der Waals surface area contributed by atoms with E-state index >= 15 is 0 Å². The molecule has 0 saturated heterocycles. The minimum absolute atomic E-state index is 0.109. The van der Waals surface area contributed by atoms with Crippen molar-refractivity contribution in [1.82, 2.24) is 15.0 Å². The van der Waals surface area contributed by atoms with Gasteiger partial charge in [-0.1, -0.05) is 0 Å². The summed E-state index contributed by atoms with van der Waals surface area (Å²) in [6.07, 6.45) is 2.23. The van der Waals surface area contributed by atoms with Crippen molar-refractivity contribution >= 4 is 11.9 Å². The first-order chi connectivity index (χ1) is 7.15. The van der Waals surface area contributed by atoms with E-state index in [0.29, 0.717) is 5.95 Å². The van der Waals surface area contributed by atoms with Crippen LogP contribution in [0.4, 0.5) is 11.9 Å². The van der Waals surface area contributed by atoms with Crippen molar-refractivity contribution in [3.8, 4) is 6.01 Å². The topological polar surface area (TPSA) is 98.0 Å². The zero-order chi connectivity index (χ0) is 10.9. The molecule has 0 atom stereocenters. The van der Waals surface area contributed by atoms with Gasteiger partial charge in [0.15, 0.2) is 0 Å². The third-order valence-corrected chi connectivity index (χ3v) is 2.34. The highest BCUT2D eigenvalue weighted by atomic mass is 16.5. The van der Waals surface area contributed by atoms with Gasteiger partial charge in [-0.3, -0.25) is 5.43 Å². The van der Waals surface area contributed by atoms with Crippen molar-refractivity contribution in [1.29, 1.82) is 0 Å². The second kappa shape index (κ2) is 3.50. The molecule has 82 valence electrons. The van der Waals surface area contributed by atoms with E-state index in [0.717, 1.165) is 12.8 Å². The van der Waals surface area contributed by atoms with Crippen LogP contribution in [0.25, 0.3) is 0 Å². The average Bonchev–Trinajstić information content (AvgIpc) is 2.95. The Hall–Kier alpha value is -1.63. The zero-order valence-corrected chi connectivity index (χ0v) is 8.74. The third kappa shape index (κ3) is 2.24. The second-order valence-corrected chi connectivity index (χ2v) is 3.80. The minimum atomic E-state index is 0.109. The second-order valence-electron chi connectivity index (χ2n) is 3.80. The molecule has 0 aliphatic heterocycles. The lowest BCUT2D eigenvalue weighted by Gasteiger charge is -2.12. The molecule has 1 aromatic rings. The first-order valence-electron chi connectivity index (χ1n) is 4.70. The van der Waals surface area contributed by atoms with E-state index in [1.165, 1.54) is 7.11 Å². The molecule has 1 heterocycles. The van der Waals surface area contributed by atoms with E-state index < -0.39 is 0 Å². The maximum absolute atomic E-state index is 5.24. The SMILES string of the molecule is COc1nc(NN)nc(NC2(C)CC2)n1. The van der Waals surface area contributed by atoms with Crippen molar-refractivity contribution in [2.75, 3.05) is 17.9 Å². The minimum Gasteiger partial charge on any atom is -0.467 e. The van der Waals surface area contributed by atoms with Crippen LogP contribution in [0.5, 0.6) is 6.01 Å². The van der Waals surface area contributed by atoms with Crippen LogP contribution in [0.15, 0.2) is 0 Å². The Balaban J connectivity index is 2.21. The van der Waals surface area contributed by atoms with E-state index in [4.69, 9.17) is 10.6 Å². The lowest BCUT2D eigenvalue weighted by Crippen LogP contribution is -2.20. The Labute approximate surface area is 87.4 Å². The summed E-state index contributed by atoms with van der Waals surface area (Å²) in [6, 6.07) is 0.240.